The molecular weight excluding hydrogens is 154 g/mol. The summed E-state index contributed by atoms with van der Waals surface area (Å²) in [5.74, 6) is 1.03. The molecule has 0 rings (SSSR count). The van der Waals surface area contributed by atoms with Gasteiger partial charge >= 0.3 is 6.47 Å². The van der Waals surface area contributed by atoms with Crippen LogP contribution in [0.3, 0.4) is 0 Å². The van der Waals surface area contributed by atoms with E-state index in [9.17, 15) is 4.79 Å². The second kappa shape index (κ2) is 6.00. The predicted molar refractivity (Wildman–Crippen MR) is 48.4 cm³/mol. The molecule has 0 aromatic carbocycles. The maximum atomic E-state index is 10.1. The lowest BCUT2D eigenvalue weighted by Gasteiger charge is -2.22. The molecule has 0 bridgehead atoms. The van der Waals surface area contributed by atoms with E-state index in [1.165, 1.54) is 0 Å². The van der Waals surface area contributed by atoms with E-state index in [1.54, 1.807) is 5.06 Å². The Hall–Kier alpha value is -0.570. The Balaban J connectivity index is 3.77. The van der Waals surface area contributed by atoms with Crippen molar-refractivity contribution in [3.05, 3.63) is 0 Å². The molecule has 0 aliphatic heterocycles. The zero-order valence-electron chi connectivity index (χ0n) is 8.41. The van der Waals surface area contributed by atoms with Crippen LogP contribution in [-0.4, -0.2) is 24.6 Å². The summed E-state index contributed by atoms with van der Waals surface area (Å²) >= 11 is 0. The Labute approximate surface area is 74.6 Å². The van der Waals surface area contributed by atoms with Gasteiger partial charge in [-0.25, -0.2) is 0 Å². The van der Waals surface area contributed by atoms with E-state index in [-0.39, 0.29) is 0 Å². The molecule has 0 saturated heterocycles. The summed E-state index contributed by atoms with van der Waals surface area (Å²) in [6.45, 7) is 10.5. The largest absolute Gasteiger partial charge is 0.371 e. The van der Waals surface area contributed by atoms with Gasteiger partial charge in [0.05, 0.1) is 0 Å². The minimum atomic E-state index is 0.491. The van der Waals surface area contributed by atoms with E-state index in [0.29, 0.717) is 18.3 Å². The summed E-state index contributed by atoms with van der Waals surface area (Å²) in [7, 11) is 0. The molecule has 3 heteroatoms. The van der Waals surface area contributed by atoms with Gasteiger partial charge in [-0.05, 0) is 11.8 Å². The fourth-order valence-electron chi connectivity index (χ4n) is 1.04. The summed E-state index contributed by atoms with van der Waals surface area (Å²) in [6, 6.07) is 0. The van der Waals surface area contributed by atoms with Crippen molar-refractivity contribution in [2.45, 2.75) is 27.7 Å². The average molecular weight is 173 g/mol. The lowest BCUT2D eigenvalue weighted by atomic mass is 10.2. The Morgan fingerprint density at radius 2 is 1.58 bits per heavy atom. The monoisotopic (exact) mass is 173 g/mol. The molecule has 12 heavy (non-hydrogen) atoms. The van der Waals surface area contributed by atoms with Crippen molar-refractivity contribution < 1.29 is 9.63 Å². The summed E-state index contributed by atoms with van der Waals surface area (Å²) in [4.78, 5) is 14.9. The Morgan fingerprint density at radius 3 is 1.83 bits per heavy atom. The van der Waals surface area contributed by atoms with Crippen molar-refractivity contribution in [1.82, 2.24) is 5.06 Å². The number of hydroxylamine groups is 2. The first-order valence-electron chi connectivity index (χ1n) is 4.41. The van der Waals surface area contributed by atoms with Gasteiger partial charge in [-0.1, -0.05) is 27.7 Å². The van der Waals surface area contributed by atoms with Crippen LogP contribution in [0.5, 0.6) is 0 Å². The molecule has 0 saturated carbocycles. The highest BCUT2D eigenvalue weighted by Gasteiger charge is 2.09. The second-order valence-corrected chi connectivity index (χ2v) is 3.84. The van der Waals surface area contributed by atoms with Crippen molar-refractivity contribution in [3.8, 4) is 0 Å². The normalized spacial score (nSPS) is 11.2. The molecule has 0 heterocycles. The number of hydrogen-bond acceptors (Lipinski definition) is 3. The van der Waals surface area contributed by atoms with Crippen LogP contribution < -0.4 is 0 Å². The van der Waals surface area contributed by atoms with Crippen molar-refractivity contribution in [2.75, 3.05) is 13.1 Å². The Kier molecular flexibility index (Phi) is 5.72. The molecule has 0 aromatic heterocycles. The first kappa shape index (κ1) is 11.4. The molecule has 0 N–H and O–H groups in total. The maximum absolute atomic E-state index is 10.1. The number of carbonyl (C=O) groups is 1. The third kappa shape index (κ3) is 6.16. The van der Waals surface area contributed by atoms with E-state index in [1.807, 2.05) is 0 Å². The molecule has 0 atom stereocenters. The molecule has 0 aromatic rings. The van der Waals surface area contributed by atoms with Crippen LogP contribution in [0.4, 0.5) is 0 Å². The van der Waals surface area contributed by atoms with Gasteiger partial charge in [0, 0.05) is 13.1 Å². The van der Waals surface area contributed by atoms with Gasteiger partial charge in [0.1, 0.15) is 0 Å². The number of rotatable bonds is 6. The Bertz CT molecular complexity index is 114. The SMILES string of the molecule is CC(C)CN(CC(C)C)OC=O. The highest BCUT2D eigenvalue weighted by atomic mass is 16.7. The number of hydrogen-bond donors (Lipinski definition) is 0. The van der Waals surface area contributed by atoms with Gasteiger partial charge in [-0.2, -0.15) is 0 Å². The molecular formula is C9H19NO2. The summed E-state index contributed by atoms with van der Waals surface area (Å²) < 4.78 is 0. The van der Waals surface area contributed by atoms with E-state index in [4.69, 9.17) is 4.84 Å². The van der Waals surface area contributed by atoms with Gasteiger partial charge in [-0.15, -0.1) is 5.06 Å². The molecule has 0 aliphatic rings. The average Bonchev–Trinajstić information content (AvgIpc) is 1.84. The minimum absolute atomic E-state index is 0.491. The molecule has 0 amide bonds. The second-order valence-electron chi connectivity index (χ2n) is 3.84. The smallest absolute Gasteiger partial charge is 0.312 e. The van der Waals surface area contributed by atoms with E-state index < -0.39 is 0 Å². The van der Waals surface area contributed by atoms with Gasteiger partial charge in [-0.3, -0.25) is 4.79 Å². The van der Waals surface area contributed by atoms with Crippen LogP contribution in [0.15, 0.2) is 0 Å². The number of nitrogens with zero attached hydrogens (tertiary/aromatic N) is 1. The maximum Gasteiger partial charge on any atom is 0.312 e. The summed E-state index contributed by atoms with van der Waals surface area (Å²) in [5.41, 5.74) is 0. The third-order valence-electron chi connectivity index (χ3n) is 1.33. The predicted octanol–water partition coefficient (Wildman–Crippen LogP) is 1.69. The van der Waals surface area contributed by atoms with Gasteiger partial charge in [0.2, 0.25) is 0 Å². The highest BCUT2D eigenvalue weighted by molar-refractivity contribution is 5.36. The zero-order valence-corrected chi connectivity index (χ0v) is 8.41. The molecule has 0 radical (unpaired) electrons. The molecule has 0 unspecified atom stereocenters. The third-order valence-corrected chi connectivity index (χ3v) is 1.33. The molecule has 0 aliphatic carbocycles. The first-order valence-corrected chi connectivity index (χ1v) is 4.41. The molecule has 0 spiro atoms. The van der Waals surface area contributed by atoms with E-state index >= 15 is 0 Å². The van der Waals surface area contributed by atoms with Gasteiger partial charge in [0.25, 0.3) is 0 Å². The Morgan fingerprint density at radius 1 is 1.17 bits per heavy atom. The van der Waals surface area contributed by atoms with Gasteiger partial charge in [0.15, 0.2) is 0 Å². The van der Waals surface area contributed by atoms with E-state index in [2.05, 4.69) is 27.7 Å². The fraction of sp³-hybridized carbons (Fsp3) is 0.889. The van der Waals surface area contributed by atoms with Crippen molar-refractivity contribution in [2.24, 2.45) is 11.8 Å². The van der Waals surface area contributed by atoms with Crippen LogP contribution in [0.25, 0.3) is 0 Å². The zero-order chi connectivity index (χ0) is 9.56. The highest BCUT2D eigenvalue weighted by Crippen LogP contribution is 2.02. The lowest BCUT2D eigenvalue weighted by Crippen LogP contribution is -2.31. The number of carbonyl (C=O) groups excluding carboxylic acids is 1. The van der Waals surface area contributed by atoms with Crippen molar-refractivity contribution in [3.63, 3.8) is 0 Å². The quantitative estimate of drug-likeness (QED) is 0.452. The van der Waals surface area contributed by atoms with Crippen LogP contribution in [0.1, 0.15) is 27.7 Å². The molecule has 3 nitrogen and oxygen atoms in total. The van der Waals surface area contributed by atoms with E-state index in [0.717, 1.165) is 13.1 Å². The van der Waals surface area contributed by atoms with Crippen LogP contribution in [-0.2, 0) is 9.63 Å². The minimum Gasteiger partial charge on any atom is -0.371 e. The van der Waals surface area contributed by atoms with Crippen molar-refractivity contribution >= 4 is 6.47 Å². The van der Waals surface area contributed by atoms with Gasteiger partial charge < -0.3 is 4.84 Å². The fourth-order valence-corrected chi connectivity index (χ4v) is 1.04. The van der Waals surface area contributed by atoms with Crippen LogP contribution in [0, 0.1) is 11.8 Å². The van der Waals surface area contributed by atoms with Crippen molar-refractivity contribution in [1.29, 1.82) is 0 Å². The summed E-state index contributed by atoms with van der Waals surface area (Å²) in [6.07, 6.45) is 0. The van der Waals surface area contributed by atoms with Crippen LogP contribution in [0.2, 0.25) is 0 Å². The topological polar surface area (TPSA) is 29.5 Å². The summed E-state index contributed by atoms with van der Waals surface area (Å²) in [5, 5.41) is 1.71. The lowest BCUT2D eigenvalue weighted by molar-refractivity contribution is -0.178. The first-order chi connectivity index (χ1) is 5.56. The van der Waals surface area contributed by atoms with Crippen LogP contribution >= 0.6 is 0 Å². The molecule has 0 fully saturated rings. The standard InChI is InChI=1S/C9H19NO2/c1-8(2)5-10(12-7-11)6-9(3)4/h7-9H,5-6H2,1-4H3. The molecule has 72 valence electrons.